The second-order valence-corrected chi connectivity index (χ2v) is 6.16. The summed E-state index contributed by atoms with van der Waals surface area (Å²) in [4.78, 5) is 0. The molecule has 0 spiro atoms. The van der Waals surface area contributed by atoms with Gasteiger partial charge in [-0.2, -0.15) is 5.10 Å². The SMILES string of the molecule is CCC1CCC(C(NC)c2c(Br)cnn2CC)C1. The van der Waals surface area contributed by atoms with E-state index in [1.54, 1.807) is 0 Å². The van der Waals surface area contributed by atoms with Gasteiger partial charge in [0.2, 0.25) is 0 Å². The molecule has 102 valence electrons. The number of hydrogen-bond donors (Lipinski definition) is 1. The third kappa shape index (κ3) is 2.64. The number of halogens is 1. The molecule has 3 nitrogen and oxygen atoms in total. The molecule has 1 N–H and O–H groups in total. The fourth-order valence-corrected chi connectivity index (χ4v) is 3.86. The van der Waals surface area contributed by atoms with Crippen LogP contribution in [0.25, 0.3) is 0 Å². The first-order valence-electron chi connectivity index (χ1n) is 7.09. The number of rotatable bonds is 5. The lowest BCUT2D eigenvalue weighted by molar-refractivity contribution is 0.351. The summed E-state index contributed by atoms with van der Waals surface area (Å²) >= 11 is 3.66. The lowest BCUT2D eigenvalue weighted by atomic mass is 9.93. The summed E-state index contributed by atoms with van der Waals surface area (Å²) in [6, 6.07) is 0.429. The molecular weight excluding hydrogens is 290 g/mol. The molecule has 3 atom stereocenters. The molecule has 1 aromatic rings. The predicted molar refractivity (Wildman–Crippen MR) is 78.5 cm³/mol. The fraction of sp³-hybridized carbons (Fsp3) is 0.786. The van der Waals surface area contributed by atoms with Crippen molar-refractivity contribution in [3.05, 3.63) is 16.4 Å². The second kappa shape index (κ2) is 6.20. The average Bonchev–Trinajstić information content (AvgIpc) is 2.99. The summed E-state index contributed by atoms with van der Waals surface area (Å²) in [7, 11) is 2.07. The van der Waals surface area contributed by atoms with Gasteiger partial charge in [0.15, 0.2) is 0 Å². The van der Waals surface area contributed by atoms with Crippen LogP contribution in [0.5, 0.6) is 0 Å². The summed E-state index contributed by atoms with van der Waals surface area (Å²) in [5.74, 6) is 1.67. The summed E-state index contributed by atoms with van der Waals surface area (Å²) < 4.78 is 3.26. The van der Waals surface area contributed by atoms with Gasteiger partial charge in [-0.15, -0.1) is 0 Å². The Hall–Kier alpha value is -0.350. The van der Waals surface area contributed by atoms with Crippen LogP contribution < -0.4 is 5.32 Å². The predicted octanol–water partition coefficient (Wildman–Crippen LogP) is 3.75. The molecule has 1 aliphatic rings. The van der Waals surface area contributed by atoms with E-state index in [0.29, 0.717) is 6.04 Å². The molecule has 0 amide bonds. The largest absolute Gasteiger partial charge is 0.311 e. The molecule has 0 aromatic carbocycles. The van der Waals surface area contributed by atoms with Crippen LogP contribution in [0.4, 0.5) is 0 Å². The minimum absolute atomic E-state index is 0.429. The normalized spacial score (nSPS) is 25.6. The van der Waals surface area contributed by atoms with Crippen molar-refractivity contribution in [1.82, 2.24) is 15.1 Å². The monoisotopic (exact) mass is 313 g/mol. The summed E-state index contributed by atoms with van der Waals surface area (Å²) in [6.45, 7) is 5.40. The van der Waals surface area contributed by atoms with Crippen LogP contribution in [-0.2, 0) is 6.54 Å². The zero-order valence-electron chi connectivity index (χ0n) is 11.6. The van der Waals surface area contributed by atoms with Crippen LogP contribution in [0.1, 0.15) is 51.3 Å². The molecule has 1 fully saturated rings. The van der Waals surface area contributed by atoms with E-state index in [-0.39, 0.29) is 0 Å². The Bertz CT molecular complexity index is 388. The highest BCUT2D eigenvalue weighted by molar-refractivity contribution is 9.10. The maximum absolute atomic E-state index is 4.44. The van der Waals surface area contributed by atoms with Gasteiger partial charge in [0.25, 0.3) is 0 Å². The standard InChI is InChI=1S/C14H24BrN3/c1-4-10-6-7-11(8-10)13(16-3)14-12(15)9-17-18(14)5-2/h9-11,13,16H,4-8H2,1-3H3. The Balaban J connectivity index is 2.20. The topological polar surface area (TPSA) is 29.9 Å². The molecule has 2 rings (SSSR count). The van der Waals surface area contributed by atoms with Crippen molar-refractivity contribution in [2.75, 3.05) is 7.05 Å². The van der Waals surface area contributed by atoms with E-state index in [9.17, 15) is 0 Å². The smallest absolute Gasteiger partial charge is 0.0698 e. The number of hydrogen-bond acceptors (Lipinski definition) is 2. The van der Waals surface area contributed by atoms with E-state index < -0.39 is 0 Å². The van der Waals surface area contributed by atoms with Gasteiger partial charge in [0.05, 0.1) is 22.4 Å². The number of nitrogens with zero attached hydrogens (tertiary/aromatic N) is 2. The van der Waals surface area contributed by atoms with E-state index in [4.69, 9.17) is 0 Å². The van der Waals surface area contributed by atoms with E-state index in [1.807, 2.05) is 6.20 Å². The zero-order chi connectivity index (χ0) is 13.1. The Kier molecular flexibility index (Phi) is 4.84. The van der Waals surface area contributed by atoms with Crippen LogP contribution in [0.3, 0.4) is 0 Å². The highest BCUT2D eigenvalue weighted by Gasteiger charge is 2.32. The highest BCUT2D eigenvalue weighted by Crippen LogP contribution is 2.41. The molecule has 0 radical (unpaired) electrons. The van der Waals surface area contributed by atoms with Crippen molar-refractivity contribution in [3.8, 4) is 0 Å². The van der Waals surface area contributed by atoms with Gasteiger partial charge in [-0.1, -0.05) is 19.8 Å². The van der Waals surface area contributed by atoms with Crippen LogP contribution in [0, 0.1) is 11.8 Å². The maximum Gasteiger partial charge on any atom is 0.0698 e. The molecule has 1 heterocycles. The fourth-order valence-electron chi connectivity index (χ4n) is 3.32. The zero-order valence-corrected chi connectivity index (χ0v) is 13.2. The van der Waals surface area contributed by atoms with Gasteiger partial charge in [0, 0.05) is 6.54 Å². The Morgan fingerprint density at radius 2 is 2.28 bits per heavy atom. The minimum Gasteiger partial charge on any atom is -0.311 e. The number of aryl methyl sites for hydroxylation is 1. The van der Waals surface area contributed by atoms with E-state index in [1.165, 1.54) is 31.4 Å². The minimum atomic E-state index is 0.429. The van der Waals surface area contributed by atoms with Gasteiger partial charge >= 0.3 is 0 Å². The van der Waals surface area contributed by atoms with Crippen LogP contribution in [-0.4, -0.2) is 16.8 Å². The van der Waals surface area contributed by atoms with Crippen molar-refractivity contribution in [2.24, 2.45) is 11.8 Å². The second-order valence-electron chi connectivity index (χ2n) is 5.31. The van der Waals surface area contributed by atoms with Crippen LogP contribution in [0.2, 0.25) is 0 Å². The van der Waals surface area contributed by atoms with Gasteiger partial charge in [-0.25, -0.2) is 0 Å². The third-order valence-corrected chi connectivity index (χ3v) is 4.98. The third-order valence-electron chi connectivity index (χ3n) is 4.37. The van der Waals surface area contributed by atoms with Crippen LogP contribution >= 0.6 is 15.9 Å². The molecule has 4 heteroatoms. The highest BCUT2D eigenvalue weighted by atomic mass is 79.9. The lowest BCUT2D eigenvalue weighted by Crippen LogP contribution is -2.27. The van der Waals surface area contributed by atoms with Crippen molar-refractivity contribution >= 4 is 15.9 Å². The first kappa shape index (κ1) is 14.1. The molecule has 0 bridgehead atoms. The molecule has 1 saturated carbocycles. The Morgan fingerprint density at radius 3 is 2.83 bits per heavy atom. The van der Waals surface area contributed by atoms with Crippen molar-refractivity contribution in [2.45, 2.75) is 52.1 Å². The average molecular weight is 314 g/mol. The first-order valence-corrected chi connectivity index (χ1v) is 7.88. The van der Waals surface area contributed by atoms with Gasteiger partial charge in [-0.3, -0.25) is 4.68 Å². The van der Waals surface area contributed by atoms with Crippen molar-refractivity contribution in [1.29, 1.82) is 0 Å². The molecule has 18 heavy (non-hydrogen) atoms. The molecule has 0 saturated heterocycles. The number of nitrogens with one attached hydrogen (secondary N) is 1. The Labute approximate surface area is 118 Å². The van der Waals surface area contributed by atoms with E-state index >= 15 is 0 Å². The molecule has 1 aliphatic carbocycles. The quantitative estimate of drug-likeness (QED) is 0.897. The molecule has 0 aliphatic heterocycles. The maximum atomic E-state index is 4.44. The molecular formula is C14H24BrN3. The van der Waals surface area contributed by atoms with E-state index in [2.05, 4.69) is 51.9 Å². The lowest BCUT2D eigenvalue weighted by Gasteiger charge is -2.24. The van der Waals surface area contributed by atoms with Gasteiger partial charge in [-0.05, 0) is 54.6 Å². The number of aromatic nitrogens is 2. The molecule has 1 aromatic heterocycles. The van der Waals surface area contributed by atoms with Crippen molar-refractivity contribution in [3.63, 3.8) is 0 Å². The summed E-state index contributed by atoms with van der Waals surface area (Å²) in [6.07, 6.45) is 7.32. The van der Waals surface area contributed by atoms with Crippen molar-refractivity contribution < 1.29 is 0 Å². The van der Waals surface area contributed by atoms with Crippen LogP contribution in [0.15, 0.2) is 10.7 Å². The summed E-state index contributed by atoms with van der Waals surface area (Å²) in [5, 5.41) is 7.96. The first-order chi connectivity index (χ1) is 8.71. The van der Waals surface area contributed by atoms with E-state index in [0.717, 1.165) is 22.9 Å². The Morgan fingerprint density at radius 1 is 1.50 bits per heavy atom. The van der Waals surface area contributed by atoms with Gasteiger partial charge in [0.1, 0.15) is 0 Å². The molecule has 3 unspecified atom stereocenters. The van der Waals surface area contributed by atoms with Gasteiger partial charge < -0.3 is 5.32 Å². The summed E-state index contributed by atoms with van der Waals surface area (Å²) in [5.41, 5.74) is 1.32.